The number of pyridine rings is 1. The predicted molar refractivity (Wildman–Crippen MR) is 76.6 cm³/mol. The normalized spacial score (nSPS) is 17.8. The van der Waals surface area contributed by atoms with E-state index in [1.807, 2.05) is 6.92 Å². The lowest BCUT2D eigenvalue weighted by molar-refractivity contribution is -0.119. The zero-order chi connectivity index (χ0) is 14.7. The Morgan fingerprint density at radius 1 is 1.50 bits per heavy atom. The second-order valence-corrected chi connectivity index (χ2v) is 5.31. The fourth-order valence-electron chi connectivity index (χ4n) is 2.48. The van der Waals surface area contributed by atoms with Crippen LogP contribution in [0, 0.1) is 12.8 Å². The predicted octanol–water partition coefficient (Wildman–Crippen LogP) is 0.386. The Bertz CT molecular complexity index is 547. The molecule has 1 aromatic rings. The van der Waals surface area contributed by atoms with Crippen LogP contribution >= 0.6 is 0 Å². The zero-order valence-corrected chi connectivity index (χ0v) is 11.9. The van der Waals surface area contributed by atoms with Crippen molar-refractivity contribution >= 4 is 11.6 Å². The van der Waals surface area contributed by atoms with E-state index in [0.29, 0.717) is 13.2 Å². The maximum atomic E-state index is 12.2. The molecule has 1 atom stereocenters. The first-order chi connectivity index (χ1) is 9.49. The summed E-state index contributed by atoms with van der Waals surface area (Å²) in [6, 6.07) is 1.06. The van der Waals surface area contributed by atoms with Crippen molar-refractivity contribution < 1.29 is 9.53 Å². The van der Waals surface area contributed by atoms with Crippen LogP contribution in [-0.4, -0.2) is 29.7 Å². The minimum atomic E-state index is -0.607. The van der Waals surface area contributed by atoms with Gasteiger partial charge in [-0.2, -0.15) is 0 Å². The van der Waals surface area contributed by atoms with Gasteiger partial charge >= 0.3 is 0 Å². The molecule has 0 aromatic carbocycles. The van der Waals surface area contributed by atoms with Crippen molar-refractivity contribution in [3.05, 3.63) is 28.2 Å². The van der Waals surface area contributed by atoms with Gasteiger partial charge in [0.15, 0.2) is 0 Å². The van der Waals surface area contributed by atoms with Gasteiger partial charge in [0.25, 0.3) is 5.56 Å². The Hall–Kier alpha value is -1.66. The first-order valence-electron chi connectivity index (χ1n) is 6.80. The smallest absolute Gasteiger partial charge is 0.274 e. The lowest BCUT2D eigenvalue weighted by Crippen LogP contribution is -2.44. The number of rotatable bonds is 3. The number of amides is 1. The number of hydrogen-bond acceptors (Lipinski definition) is 4. The van der Waals surface area contributed by atoms with Crippen molar-refractivity contribution in [2.75, 3.05) is 18.5 Å². The van der Waals surface area contributed by atoms with Gasteiger partial charge in [0.05, 0.1) is 6.04 Å². The summed E-state index contributed by atoms with van der Waals surface area (Å²) in [6.07, 6.45) is 3.28. The quantitative estimate of drug-likeness (QED) is 0.838. The van der Waals surface area contributed by atoms with Crippen LogP contribution in [0.15, 0.2) is 17.1 Å². The summed E-state index contributed by atoms with van der Waals surface area (Å²) in [7, 11) is 1.66. The number of carbonyl (C=O) groups excluding carboxylic acids is 1. The Morgan fingerprint density at radius 2 is 2.15 bits per heavy atom. The van der Waals surface area contributed by atoms with Crippen molar-refractivity contribution in [1.29, 1.82) is 0 Å². The molecule has 0 saturated carbocycles. The number of nitrogens with zero attached hydrogens (tertiary/aromatic N) is 1. The van der Waals surface area contributed by atoms with Crippen molar-refractivity contribution in [3.63, 3.8) is 0 Å². The van der Waals surface area contributed by atoms with Gasteiger partial charge in [0.2, 0.25) is 5.91 Å². The molecular formula is C14H21N3O3. The molecule has 0 radical (unpaired) electrons. The lowest BCUT2D eigenvalue weighted by atomic mass is 9.92. The largest absolute Gasteiger partial charge is 0.381 e. The molecule has 1 fully saturated rings. The summed E-state index contributed by atoms with van der Waals surface area (Å²) < 4.78 is 6.71. The number of hydrogen-bond donors (Lipinski definition) is 2. The second-order valence-electron chi connectivity index (χ2n) is 5.31. The maximum Gasteiger partial charge on any atom is 0.274 e. The molecule has 20 heavy (non-hydrogen) atoms. The van der Waals surface area contributed by atoms with Crippen molar-refractivity contribution in [2.45, 2.75) is 25.8 Å². The van der Waals surface area contributed by atoms with Crippen molar-refractivity contribution in [3.8, 4) is 0 Å². The van der Waals surface area contributed by atoms with Crippen LogP contribution < -0.4 is 16.6 Å². The molecule has 3 N–H and O–H groups in total. The summed E-state index contributed by atoms with van der Waals surface area (Å²) in [5, 5.41) is 2.65. The van der Waals surface area contributed by atoms with Crippen LogP contribution in [0.1, 0.15) is 18.4 Å². The number of ether oxygens (including phenoxy) is 1. The number of carbonyl (C=O) groups is 1. The highest BCUT2D eigenvalue weighted by Crippen LogP contribution is 2.18. The number of nitrogens with one attached hydrogen (secondary N) is 1. The highest BCUT2D eigenvalue weighted by Gasteiger charge is 2.27. The Kier molecular flexibility index (Phi) is 4.57. The van der Waals surface area contributed by atoms with E-state index in [1.165, 1.54) is 4.57 Å². The average molecular weight is 279 g/mol. The maximum absolute atomic E-state index is 12.2. The third-order valence-corrected chi connectivity index (χ3v) is 3.65. The lowest BCUT2D eigenvalue weighted by Gasteiger charge is -2.26. The molecule has 0 bridgehead atoms. The first-order valence-corrected chi connectivity index (χ1v) is 6.80. The summed E-state index contributed by atoms with van der Waals surface area (Å²) in [5.74, 6) is -0.197. The monoisotopic (exact) mass is 279 g/mol. The second kappa shape index (κ2) is 6.19. The first kappa shape index (κ1) is 14.7. The van der Waals surface area contributed by atoms with E-state index in [9.17, 15) is 9.59 Å². The fourth-order valence-corrected chi connectivity index (χ4v) is 2.48. The molecule has 110 valence electrons. The highest BCUT2D eigenvalue weighted by molar-refractivity contribution is 5.94. The van der Waals surface area contributed by atoms with Crippen LogP contribution in [0.2, 0.25) is 0 Å². The Labute approximate surface area is 117 Å². The van der Waals surface area contributed by atoms with E-state index in [2.05, 4.69) is 5.32 Å². The topological polar surface area (TPSA) is 86.4 Å². The summed E-state index contributed by atoms with van der Waals surface area (Å²) in [5.41, 5.74) is 6.94. The van der Waals surface area contributed by atoms with Gasteiger partial charge in [-0.15, -0.1) is 0 Å². The molecule has 1 aliphatic heterocycles. The summed E-state index contributed by atoms with van der Waals surface area (Å²) >= 11 is 0. The summed E-state index contributed by atoms with van der Waals surface area (Å²) in [4.78, 5) is 24.1. The molecule has 0 aliphatic carbocycles. The molecule has 2 rings (SSSR count). The van der Waals surface area contributed by atoms with Crippen LogP contribution in [0.3, 0.4) is 0 Å². The number of aryl methyl sites for hydroxylation is 2. The number of aromatic nitrogens is 1. The molecule has 1 unspecified atom stereocenters. The van der Waals surface area contributed by atoms with Gasteiger partial charge < -0.3 is 20.4 Å². The van der Waals surface area contributed by atoms with Crippen LogP contribution in [0.4, 0.5) is 5.69 Å². The van der Waals surface area contributed by atoms with Gasteiger partial charge in [-0.1, -0.05) is 0 Å². The SMILES string of the molecule is Cc1cc(NC(=O)C(N)C2CCOCC2)c(=O)n(C)c1. The molecule has 1 saturated heterocycles. The Morgan fingerprint density at radius 3 is 2.80 bits per heavy atom. The van der Waals surface area contributed by atoms with E-state index in [4.69, 9.17) is 10.5 Å². The zero-order valence-electron chi connectivity index (χ0n) is 11.9. The van der Waals surface area contributed by atoms with E-state index < -0.39 is 6.04 Å². The number of nitrogens with two attached hydrogens (primary N) is 1. The Balaban J connectivity index is 2.09. The van der Waals surface area contributed by atoms with E-state index in [0.717, 1.165) is 18.4 Å². The van der Waals surface area contributed by atoms with Gasteiger partial charge in [-0.05, 0) is 37.3 Å². The van der Waals surface area contributed by atoms with Crippen molar-refractivity contribution in [1.82, 2.24) is 4.57 Å². The molecule has 6 heteroatoms. The van der Waals surface area contributed by atoms with E-state index in [-0.39, 0.29) is 23.1 Å². The van der Waals surface area contributed by atoms with Gasteiger partial charge in [-0.25, -0.2) is 0 Å². The van der Waals surface area contributed by atoms with Crippen molar-refractivity contribution in [2.24, 2.45) is 18.7 Å². The minimum absolute atomic E-state index is 0.109. The van der Waals surface area contributed by atoms with Gasteiger partial charge in [0.1, 0.15) is 5.69 Å². The molecule has 2 heterocycles. The van der Waals surface area contributed by atoms with Crippen LogP contribution in [0.25, 0.3) is 0 Å². The standard InChI is InChI=1S/C14H21N3O3/c1-9-7-11(14(19)17(2)8-9)16-13(18)12(15)10-3-5-20-6-4-10/h7-8,10,12H,3-6,15H2,1-2H3,(H,16,18). The van der Waals surface area contributed by atoms with Gasteiger partial charge in [0, 0.05) is 26.5 Å². The summed E-state index contributed by atoms with van der Waals surface area (Å²) in [6.45, 7) is 3.14. The average Bonchev–Trinajstić information content (AvgIpc) is 2.44. The van der Waals surface area contributed by atoms with Gasteiger partial charge in [-0.3, -0.25) is 9.59 Å². The molecule has 6 nitrogen and oxygen atoms in total. The molecule has 0 spiro atoms. The molecular weight excluding hydrogens is 258 g/mol. The molecule has 1 aromatic heterocycles. The number of anilines is 1. The third-order valence-electron chi connectivity index (χ3n) is 3.65. The third kappa shape index (κ3) is 3.26. The van der Waals surface area contributed by atoms with E-state index in [1.54, 1.807) is 19.3 Å². The van der Waals surface area contributed by atoms with E-state index >= 15 is 0 Å². The highest BCUT2D eigenvalue weighted by atomic mass is 16.5. The molecule has 1 aliphatic rings. The fraction of sp³-hybridized carbons (Fsp3) is 0.571. The minimum Gasteiger partial charge on any atom is -0.381 e. The van der Waals surface area contributed by atoms with Crippen LogP contribution in [-0.2, 0) is 16.6 Å². The van der Waals surface area contributed by atoms with Crippen LogP contribution in [0.5, 0.6) is 0 Å². The molecule has 1 amide bonds.